The lowest BCUT2D eigenvalue weighted by molar-refractivity contribution is 0.768. The van der Waals surface area contributed by atoms with Crippen LogP contribution < -0.4 is 19.6 Å². The van der Waals surface area contributed by atoms with Gasteiger partial charge in [0, 0.05) is 66.1 Å². The second-order valence-electron chi connectivity index (χ2n) is 28.7. The average Bonchev–Trinajstić information content (AvgIpc) is 1.50. The van der Waals surface area contributed by atoms with E-state index in [0.717, 1.165) is 166 Å². The van der Waals surface area contributed by atoms with Crippen molar-refractivity contribution in [2.45, 2.75) is 12.3 Å². The Hall–Kier alpha value is -14.3. The third-order valence-corrected chi connectivity index (χ3v) is 22.7. The fraction of sp³-hybridized carbons (Fsp3) is 0.0189. The molecule has 518 valence electrons. The highest BCUT2D eigenvalue weighted by Crippen LogP contribution is 2.61. The van der Waals surface area contributed by atoms with Gasteiger partial charge in [-0.15, -0.1) is 0 Å². The van der Waals surface area contributed by atoms with E-state index in [1.165, 1.54) is 22.3 Å². The van der Waals surface area contributed by atoms with Gasteiger partial charge in [0.2, 0.25) is 0 Å². The van der Waals surface area contributed by atoms with Crippen molar-refractivity contribution in [1.29, 1.82) is 0 Å². The molecular formula is C106H74N4. The Morgan fingerprint density at radius 2 is 0.464 bits per heavy atom. The van der Waals surface area contributed by atoms with Crippen molar-refractivity contribution in [1.82, 2.24) is 0 Å². The van der Waals surface area contributed by atoms with Crippen LogP contribution in [-0.4, -0.2) is 0 Å². The highest BCUT2D eigenvalue weighted by atomic mass is 15.2. The molecule has 19 aromatic carbocycles. The Bertz CT molecular complexity index is 6400. The molecule has 0 spiro atoms. The van der Waals surface area contributed by atoms with Gasteiger partial charge in [-0.1, -0.05) is 340 Å². The van der Waals surface area contributed by atoms with Crippen LogP contribution in [0.15, 0.2) is 419 Å². The zero-order valence-corrected chi connectivity index (χ0v) is 60.8. The van der Waals surface area contributed by atoms with Crippen molar-refractivity contribution in [3.8, 4) is 11.1 Å². The molecule has 0 aliphatic heterocycles. The molecule has 20 rings (SSSR count). The number of benzene rings is 19. The fourth-order valence-electron chi connectivity index (χ4n) is 17.9. The molecular weight excluding hydrogens is 1330 g/mol. The van der Waals surface area contributed by atoms with E-state index in [1.54, 1.807) is 0 Å². The first-order valence-electron chi connectivity index (χ1n) is 37.9. The monoisotopic (exact) mass is 1400 g/mol. The lowest BCUT2D eigenvalue weighted by Crippen LogP contribution is -2.30. The summed E-state index contributed by atoms with van der Waals surface area (Å²) in [5.41, 5.74) is 20.3. The number of allylic oxidation sites excluding steroid dienone is 2. The number of rotatable bonds is 16. The summed E-state index contributed by atoms with van der Waals surface area (Å²) >= 11 is 0. The molecule has 0 aromatic heterocycles. The zero-order chi connectivity index (χ0) is 73.2. The van der Waals surface area contributed by atoms with Gasteiger partial charge in [0.1, 0.15) is 0 Å². The predicted octanol–water partition coefficient (Wildman–Crippen LogP) is 29.5. The summed E-state index contributed by atoms with van der Waals surface area (Å²) in [6, 6.07) is 150. The van der Waals surface area contributed by atoms with Crippen molar-refractivity contribution in [2.24, 2.45) is 0 Å². The number of hydrogen-bond donors (Lipinski definition) is 0. The van der Waals surface area contributed by atoms with E-state index in [0.29, 0.717) is 0 Å². The highest BCUT2D eigenvalue weighted by Gasteiger charge is 2.48. The summed E-state index contributed by atoms with van der Waals surface area (Å²) in [4.78, 5) is 10.2. The molecule has 1 aliphatic carbocycles. The van der Waals surface area contributed by atoms with Gasteiger partial charge in [0.15, 0.2) is 0 Å². The minimum atomic E-state index is -1.10. The summed E-state index contributed by atoms with van der Waals surface area (Å²) in [6.45, 7) is 6.42. The minimum Gasteiger partial charge on any atom is -0.309 e. The minimum absolute atomic E-state index is 0.978. The summed E-state index contributed by atoms with van der Waals surface area (Å²) in [7, 11) is 0. The lowest BCUT2D eigenvalue weighted by Gasteiger charge is -2.39. The van der Waals surface area contributed by atoms with Crippen LogP contribution in [0, 0.1) is 6.92 Å². The summed E-state index contributed by atoms with van der Waals surface area (Å²) in [6.07, 6.45) is 6.09. The van der Waals surface area contributed by atoms with Gasteiger partial charge < -0.3 is 19.6 Å². The molecule has 0 amide bonds. The molecule has 0 radical (unpaired) electrons. The van der Waals surface area contributed by atoms with Crippen LogP contribution in [0.2, 0.25) is 0 Å². The normalized spacial score (nSPS) is 12.3. The average molecular weight is 1400 g/mol. The molecule has 4 nitrogen and oxygen atoms in total. The van der Waals surface area contributed by atoms with Crippen LogP contribution in [0.1, 0.15) is 33.4 Å². The molecule has 0 N–H and O–H groups in total. The van der Waals surface area contributed by atoms with Gasteiger partial charge in [-0.3, -0.25) is 0 Å². The lowest BCUT2D eigenvalue weighted by atomic mass is 9.67. The van der Waals surface area contributed by atoms with E-state index in [1.807, 2.05) is 12.2 Å². The summed E-state index contributed by atoms with van der Waals surface area (Å²) in [5.74, 6) is 0. The molecule has 0 heterocycles. The molecule has 19 aromatic rings. The van der Waals surface area contributed by atoms with Gasteiger partial charge in [-0.05, 0) is 174 Å². The van der Waals surface area contributed by atoms with Crippen LogP contribution in [0.4, 0.5) is 68.2 Å². The van der Waals surface area contributed by atoms with Crippen molar-refractivity contribution in [3.63, 3.8) is 0 Å². The van der Waals surface area contributed by atoms with E-state index >= 15 is 0 Å². The fourth-order valence-corrected chi connectivity index (χ4v) is 17.9. The highest BCUT2D eigenvalue weighted by molar-refractivity contribution is 6.11. The van der Waals surface area contributed by atoms with E-state index in [9.17, 15) is 0 Å². The van der Waals surface area contributed by atoms with Crippen LogP contribution in [0.25, 0.3) is 92.6 Å². The maximum absolute atomic E-state index is 4.15. The Morgan fingerprint density at radius 1 is 0.236 bits per heavy atom. The van der Waals surface area contributed by atoms with Crippen molar-refractivity contribution in [3.05, 3.63) is 452 Å². The molecule has 0 fully saturated rings. The molecule has 4 heteroatoms. The van der Waals surface area contributed by atoms with E-state index in [4.69, 9.17) is 0 Å². The Balaban J connectivity index is 0.996. The number of fused-ring (bicyclic) bond motifs is 10. The quantitative estimate of drug-likeness (QED) is 0.0894. The smallest absolute Gasteiger partial charge is 0.0716 e. The first-order valence-corrected chi connectivity index (χ1v) is 37.9. The van der Waals surface area contributed by atoms with Gasteiger partial charge in [-0.25, -0.2) is 0 Å². The number of hydrogen-bond acceptors (Lipinski definition) is 4. The van der Waals surface area contributed by atoms with E-state index in [2.05, 4.69) is 440 Å². The summed E-state index contributed by atoms with van der Waals surface area (Å²) in [5, 5.41) is 15.9. The second-order valence-corrected chi connectivity index (χ2v) is 28.7. The van der Waals surface area contributed by atoms with Crippen LogP contribution >= 0.6 is 0 Å². The molecule has 0 atom stereocenters. The van der Waals surface area contributed by atoms with Crippen LogP contribution in [0.3, 0.4) is 0 Å². The van der Waals surface area contributed by atoms with Crippen molar-refractivity contribution < 1.29 is 0 Å². The first kappa shape index (κ1) is 65.2. The summed E-state index contributed by atoms with van der Waals surface area (Å²) < 4.78 is 0. The standard InChI is InChI=1S/C106H74N4/c1-3-4-31-73-39-23-58-98(72(73)2)107(99-59-24-40-74-32-5-12-47-87(74)99)83-66-81(67-84(70-83)108(100-60-25-41-75-33-6-13-48-88(75)100)101-61-26-42-76-34-7-14-49-89(76)101)106(96-56-21-19-54-94(96)95-55-20-22-57-97(95)106)82-68-85(109(102-62-27-43-77-35-8-15-50-90(77)102)103-63-28-44-78-36-9-16-51-91(78)103)71-86(69-82)110(104-64-29-45-79-37-10-17-52-92(79)104)105-65-30-46-80-38-11-18-53-93(80)105/h3-71H,1H2,2H3/b31-4-. The van der Waals surface area contributed by atoms with Crippen molar-refractivity contribution >= 4 is 150 Å². The van der Waals surface area contributed by atoms with Gasteiger partial charge in [0.05, 0.1) is 45.2 Å². The third-order valence-electron chi connectivity index (χ3n) is 22.7. The maximum atomic E-state index is 4.15. The molecule has 0 saturated heterocycles. The van der Waals surface area contributed by atoms with Crippen molar-refractivity contribution in [2.75, 3.05) is 19.6 Å². The van der Waals surface area contributed by atoms with E-state index < -0.39 is 5.41 Å². The molecule has 0 bridgehead atoms. The SMILES string of the molecule is C=C/C=C\c1cccc(N(c2cc(N(c3cccc4ccccc34)c3cccc4ccccc34)cc(C3(c4cc(N(c5cccc6ccccc56)c5cccc6ccccc56)cc(N(c5cccc6ccccc56)c5cccc6ccccc56)c4)c4ccccc4-c4ccccc43)c2)c2cccc3ccccc23)c1C. The van der Waals surface area contributed by atoms with Crippen LogP contribution in [-0.2, 0) is 5.41 Å². The Morgan fingerprint density at radius 3 is 0.745 bits per heavy atom. The maximum Gasteiger partial charge on any atom is 0.0716 e. The Labute approximate surface area is 641 Å². The van der Waals surface area contributed by atoms with Gasteiger partial charge in [0.25, 0.3) is 0 Å². The molecule has 0 unspecified atom stereocenters. The third kappa shape index (κ3) is 10.8. The largest absolute Gasteiger partial charge is 0.309 e. The topological polar surface area (TPSA) is 13.0 Å². The van der Waals surface area contributed by atoms with Gasteiger partial charge in [-0.2, -0.15) is 0 Å². The van der Waals surface area contributed by atoms with E-state index in [-0.39, 0.29) is 0 Å². The number of nitrogens with zero attached hydrogens (tertiary/aromatic N) is 4. The molecule has 0 saturated carbocycles. The number of anilines is 12. The first-order chi connectivity index (χ1) is 54.5. The van der Waals surface area contributed by atoms with Crippen LogP contribution in [0.5, 0.6) is 0 Å². The molecule has 1 aliphatic rings. The predicted molar refractivity (Wildman–Crippen MR) is 469 cm³/mol. The van der Waals surface area contributed by atoms with Gasteiger partial charge >= 0.3 is 0 Å². The second kappa shape index (κ2) is 27.2. The molecule has 110 heavy (non-hydrogen) atoms. The Kier molecular flexibility index (Phi) is 16.1. The zero-order valence-electron chi connectivity index (χ0n) is 60.8.